The number of nitrogens with zero attached hydrogens (tertiary/aromatic N) is 2. The molecule has 0 aliphatic carbocycles. The van der Waals surface area contributed by atoms with E-state index < -0.39 is 0 Å². The third-order valence-electron chi connectivity index (χ3n) is 3.03. The zero-order valence-electron chi connectivity index (χ0n) is 10.4. The molecule has 1 N–H and O–H groups in total. The molecule has 16 heavy (non-hydrogen) atoms. The van der Waals surface area contributed by atoms with Crippen molar-refractivity contribution in [3.63, 3.8) is 0 Å². The number of aromatic nitrogens is 1. The minimum atomic E-state index is 0.177. The van der Waals surface area contributed by atoms with Crippen LogP contribution in [0.15, 0.2) is 5.38 Å². The highest BCUT2D eigenvalue weighted by Crippen LogP contribution is 2.27. The fourth-order valence-electron chi connectivity index (χ4n) is 2.16. The van der Waals surface area contributed by atoms with E-state index in [1.165, 1.54) is 5.01 Å². The number of nitrogens with one attached hydrogen (secondary N) is 1. The van der Waals surface area contributed by atoms with E-state index >= 15 is 0 Å². The van der Waals surface area contributed by atoms with E-state index in [0.717, 1.165) is 38.4 Å². The van der Waals surface area contributed by atoms with Crippen molar-refractivity contribution in [2.24, 2.45) is 0 Å². The quantitative estimate of drug-likeness (QED) is 0.869. The van der Waals surface area contributed by atoms with E-state index in [2.05, 4.69) is 41.4 Å². The fourth-order valence-corrected chi connectivity index (χ4v) is 3.08. The van der Waals surface area contributed by atoms with E-state index in [-0.39, 0.29) is 5.41 Å². The minimum absolute atomic E-state index is 0.177. The monoisotopic (exact) mass is 239 g/mol. The van der Waals surface area contributed by atoms with E-state index in [0.29, 0.717) is 0 Å². The van der Waals surface area contributed by atoms with Crippen molar-refractivity contribution in [1.29, 1.82) is 0 Å². The van der Waals surface area contributed by atoms with Gasteiger partial charge in [-0.05, 0) is 6.92 Å². The first-order chi connectivity index (χ1) is 7.58. The average Bonchev–Trinajstić information content (AvgIpc) is 2.66. The lowest BCUT2D eigenvalue weighted by molar-refractivity contribution is 0.199. The van der Waals surface area contributed by atoms with Crippen LogP contribution in [-0.2, 0) is 5.41 Å². The molecule has 0 unspecified atom stereocenters. The molecule has 90 valence electrons. The lowest BCUT2D eigenvalue weighted by Crippen LogP contribution is -2.47. The van der Waals surface area contributed by atoms with E-state index in [1.807, 2.05) is 0 Å². The molecule has 1 aromatic heterocycles. The van der Waals surface area contributed by atoms with Gasteiger partial charge in [0.2, 0.25) is 0 Å². The maximum absolute atomic E-state index is 4.62. The molecule has 0 radical (unpaired) electrons. The molecule has 4 heteroatoms. The highest BCUT2D eigenvalue weighted by Gasteiger charge is 2.27. The Kier molecular flexibility index (Phi) is 3.62. The summed E-state index contributed by atoms with van der Waals surface area (Å²) in [5.41, 5.74) is 1.32. The third kappa shape index (κ3) is 2.81. The summed E-state index contributed by atoms with van der Waals surface area (Å²) in [6.07, 6.45) is 0. The summed E-state index contributed by atoms with van der Waals surface area (Å²) in [4.78, 5) is 7.16. The number of piperazine rings is 1. The lowest BCUT2D eigenvalue weighted by atomic mass is 9.93. The van der Waals surface area contributed by atoms with Crippen LogP contribution in [0.2, 0.25) is 0 Å². The zero-order chi connectivity index (χ0) is 11.6. The van der Waals surface area contributed by atoms with Crippen molar-refractivity contribution >= 4 is 11.3 Å². The molecule has 0 saturated carbocycles. The molecule has 0 spiro atoms. The summed E-state index contributed by atoms with van der Waals surface area (Å²) < 4.78 is 0. The Labute approximate surface area is 102 Å². The number of aryl methyl sites for hydroxylation is 1. The smallest absolute Gasteiger partial charge is 0.0997 e. The second-order valence-electron chi connectivity index (χ2n) is 5.20. The van der Waals surface area contributed by atoms with E-state index in [1.54, 1.807) is 11.3 Å². The van der Waals surface area contributed by atoms with Crippen LogP contribution in [0.1, 0.15) is 24.5 Å². The topological polar surface area (TPSA) is 28.2 Å². The van der Waals surface area contributed by atoms with Gasteiger partial charge in [-0.3, -0.25) is 4.90 Å². The Morgan fingerprint density at radius 3 is 2.69 bits per heavy atom. The molecule has 2 rings (SSSR count). The summed E-state index contributed by atoms with van der Waals surface area (Å²) in [6, 6.07) is 0. The van der Waals surface area contributed by atoms with Gasteiger partial charge in [-0.2, -0.15) is 0 Å². The maximum atomic E-state index is 4.62. The molecular weight excluding hydrogens is 218 g/mol. The first-order valence-electron chi connectivity index (χ1n) is 5.94. The van der Waals surface area contributed by atoms with E-state index in [9.17, 15) is 0 Å². The molecule has 1 aliphatic heterocycles. The van der Waals surface area contributed by atoms with Crippen molar-refractivity contribution in [3.05, 3.63) is 16.1 Å². The Morgan fingerprint density at radius 2 is 2.12 bits per heavy atom. The molecule has 1 saturated heterocycles. The highest BCUT2D eigenvalue weighted by molar-refractivity contribution is 7.09. The minimum Gasteiger partial charge on any atom is -0.314 e. The summed E-state index contributed by atoms with van der Waals surface area (Å²) in [5.74, 6) is 0. The number of hydrogen-bond donors (Lipinski definition) is 1. The molecule has 0 aromatic carbocycles. The van der Waals surface area contributed by atoms with E-state index in [4.69, 9.17) is 0 Å². The Hall–Kier alpha value is -0.450. The molecule has 0 atom stereocenters. The molecular formula is C12H21N3S. The fraction of sp³-hybridized carbons (Fsp3) is 0.750. The molecule has 0 amide bonds. The molecule has 1 aromatic rings. The summed E-state index contributed by atoms with van der Waals surface area (Å²) in [6.45, 7) is 12.3. The van der Waals surface area contributed by atoms with Gasteiger partial charge in [-0.25, -0.2) is 4.98 Å². The van der Waals surface area contributed by atoms with Crippen LogP contribution in [0.4, 0.5) is 0 Å². The highest BCUT2D eigenvalue weighted by atomic mass is 32.1. The number of rotatable bonds is 3. The standard InChI is InChI=1S/C12H21N3S/c1-10-8-16-11(14-10)12(2,3)9-15-6-4-13-5-7-15/h8,13H,4-7,9H2,1-3H3. The first-order valence-corrected chi connectivity index (χ1v) is 6.81. The van der Waals surface area contributed by atoms with Gasteiger partial charge in [0.25, 0.3) is 0 Å². The summed E-state index contributed by atoms with van der Waals surface area (Å²) in [5, 5.41) is 6.80. The van der Waals surface area contributed by atoms with Gasteiger partial charge in [0.1, 0.15) is 0 Å². The van der Waals surface area contributed by atoms with Gasteiger partial charge in [-0.1, -0.05) is 13.8 Å². The zero-order valence-corrected chi connectivity index (χ0v) is 11.2. The Balaban J connectivity index is 2.01. The van der Waals surface area contributed by atoms with Crippen LogP contribution in [0.5, 0.6) is 0 Å². The van der Waals surface area contributed by atoms with Gasteiger partial charge < -0.3 is 5.32 Å². The van der Waals surface area contributed by atoms with Crippen molar-refractivity contribution in [2.45, 2.75) is 26.2 Å². The van der Waals surface area contributed by atoms with Gasteiger partial charge in [0.05, 0.1) is 5.01 Å². The first kappa shape index (κ1) is 12.0. The number of hydrogen-bond acceptors (Lipinski definition) is 4. The average molecular weight is 239 g/mol. The molecule has 0 bridgehead atoms. The van der Waals surface area contributed by atoms with Crippen LogP contribution >= 0.6 is 11.3 Å². The van der Waals surface area contributed by atoms with Crippen LogP contribution in [-0.4, -0.2) is 42.6 Å². The van der Waals surface area contributed by atoms with Crippen molar-refractivity contribution in [2.75, 3.05) is 32.7 Å². The van der Waals surface area contributed by atoms with Crippen molar-refractivity contribution < 1.29 is 0 Å². The third-order valence-corrected chi connectivity index (χ3v) is 4.35. The van der Waals surface area contributed by atoms with Gasteiger partial charge in [0, 0.05) is 49.2 Å². The summed E-state index contributed by atoms with van der Waals surface area (Å²) in [7, 11) is 0. The Bertz CT molecular complexity index is 340. The maximum Gasteiger partial charge on any atom is 0.0997 e. The normalized spacial score (nSPS) is 18.9. The predicted octanol–water partition coefficient (Wildman–Crippen LogP) is 1.63. The molecule has 2 heterocycles. The molecule has 1 aliphatic rings. The Morgan fingerprint density at radius 1 is 1.44 bits per heavy atom. The summed E-state index contributed by atoms with van der Waals surface area (Å²) >= 11 is 1.79. The molecule has 3 nitrogen and oxygen atoms in total. The largest absolute Gasteiger partial charge is 0.314 e. The van der Waals surface area contributed by atoms with Gasteiger partial charge in [-0.15, -0.1) is 11.3 Å². The number of thiazole rings is 1. The van der Waals surface area contributed by atoms with Crippen molar-refractivity contribution in [3.8, 4) is 0 Å². The second-order valence-corrected chi connectivity index (χ2v) is 6.06. The second kappa shape index (κ2) is 4.82. The van der Waals surface area contributed by atoms with Gasteiger partial charge >= 0.3 is 0 Å². The molecule has 1 fully saturated rings. The predicted molar refractivity (Wildman–Crippen MR) is 69.2 cm³/mol. The van der Waals surface area contributed by atoms with Crippen LogP contribution in [0.25, 0.3) is 0 Å². The van der Waals surface area contributed by atoms with Crippen molar-refractivity contribution in [1.82, 2.24) is 15.2 Å². The lowest BCUT2D eigenvalue weighted by Gasteiger charge is -2.34. The SMILES string of the molecule is Cc1csc(C(C)(C)CN2CCNCC2)n1. The van der Waals surface area contributed by atoms with Crippen LogP contribution in [0.3, 0.4) is 0 Å². The van der Waals surface area contributed by atoms with Crippen LogP contribution < -0.4 is 5.32 Å². The van der Waals surface area contributed by atoms with Crippen LogP contribution in [0, 0.1) is 6.92 Å². The van der Waals surface area contributed by atoms with Gasteiger partial charge in [0.15, 0.2) is 0 Å².